The molecule has 0 fully saturated rings. The molecule has 0 unspecified atom stereocenters. The number of ether oxygens (including phenoxy) is 1. The predicted molar refractivity (Wildman–Crippen MR) is 80.0 cm³/mol. The van der Waals surface area contributed by atoms with Gasteiger partial charge in [-0.05, 0) is 31.2 Å². The number of aryl methyl sites for hydroxylation is 1. The first-order valence-corrected chi connectivity index (χ1v) is 7.71. The number of hydrogen-bond donors (Lipinski definition) is 1. The van der Waals surface area contributed by atoms with Crippen molar-refractivity contribution in [2.75, 3.05) is 11.8 Å². The number of halogens is 1. The Bertz CT molecular complexity index is 712. The maximum atomic E-state index is 12.3. The molecule has 0 atom stereocenters. The highest BCUT2D eigenvalue weighted by Gasteiger charge is 2.18. The van der Waals surface area contributed by atoms with Gasteiger partial charge in [0.25, 0.3) is 10.0 Å². The molecule has 2 aromatic carbocycles. The molecule has 0 radical (unpaired) electrons. The van der Waals surface area contributed by atoms with Gasteiger partial charge in [0.1, 0.15) is 10.6 Å². The van der Waals surface area contributed by atoms with Gasteiger partial charge in [-0.1, -0.05) is 29.3 Å². The summed E-state index contributed by atoms with van der Waals surface area (Å²) in [6.45, 7) is 1.93. The van der Waals surface area contributed by atoms with Crippen molar-refractivity contribution in [3.05, 3.63) is 53.1 Å². The van der Waals surface area contributed by atoms with E-state index in [4.69, 9.17) is 16.3 Å². The van der Waals surface area contributed by atoms with Crippen molar-refractivity contribution >= 4 is 27.3 Å². The fraction of sp³-hybridized carbons (Fsp3) is 0.143. The highest BCUT2D eigenvalue weighted by Crippen LogP contribution is 2.27. The van der Waals surface area contributed by atoms with Crippen LogP contribution in [0.1, 0.15) is 5.56 Å². The summed E-state index contributed by atoms with van der Waals surface area (Å²) in [5.41, 5.74) is 1.54. The van der Waals surface area contributed by atoms with E-state index >= 15 is 0 Å². The number of anilines is 1. The number of methoxy groups -OCH3 is 1. The summed E-state index contributed by atoms with van der Waals surface area (Å²) in [5, 5.41) is 0.115. The van der Waals surface area contributed by atoms with E-state index in [1.165, 1.54) is 19.2 Å². The van der Waals surface area contributed by atoms with Crippen LogP contribution in [0.15, 0.2) is 47.4 Å². The van der Waals surface area contributed by atoms with E-state index < -0.39 is 10.0 Å². The highest BCUT2D eigenvalue weighted by molar-refractivity contribution is 7.92. The molecule has 0 spiro atoms. The molecule has 20 heavy (non-hydrogen) atoms. The van der Waals surface area contributed by atoms with Gasteiger partial charge in [-0.15, -0.1) is 0 Å². The monoisotopic (exact) mass is 311 g/mol. The second-order valence-corrected chi connectivity index (χ2v) is 6.33. The van der Waals surface area contributed by atoms with Crippen LogP contribution < -0.4 is 9.46 Å². The van der Waals surface area contributed by atoms with E-state index in [-0.39, 0.29) is 9.92 Å². The molecule has 0 amide bonds. The molecule has 4 nitrogen and oxygen atoms in total. The Hall–Kier alpha value is -1.72. The fourth-order valence-corrected chi connectivity index (χ4v) is 3.25. The topological polar surface area (TPSA) is 55.4 Å². The van der Waals surface area contributed by atoms with Crippen molar-refractivity contribution in [2.24, 2.45) is 0 Å². The lowest BCUT2D eigenvalue weighted by Crippen LogP contribution is -2.13. The van der Waals surface area contributed by atoms with E-state index in [2.05, 4.69) is 4.72 Å². The molecule has 0 saturated heterocycles. The lowest BCUT2D eigenvalue weighted by molar-refractivity contribution is 0.414. The van der Waals surface area contributed by atoms with Gasteiger partial charge in [-0.25, -0.2) is 8.42 Å². The lowest BCUT2D eigenvalue weighted by atomic mass is 10.2. The fourth-order valence-electron chi connectivity index (χ4n) is 1.66. The van der Waals surface area contributed by atoms with E-state index in [1.807, 2.05) is 19.1 Å². The van der Waals surface area contributed by atoms with Crippen LogP contribution in [0.25, 0.3) is 0 Å². The van der Waals surface area contributed by atoms with Crippen LogP contribution in [0.2, 0.25) is 5.02 Å². The molecule has 0 bridgehead atoms. The third-order valence-corrected chi connectivity index (χ3v) is 4.60. The Morgan fingerprint density at radius 3 is 2.30 bits per heavy atom. The number of rotatable bonds is 4. The second kappa shape index (κ2) is 5.73. The minimum Gasteiger partial charge on any atom is -0.497 e. The smallest absolute Gasteiger partial charge is 0.263 e. The Kier molecular flexibility index (Phi) is 4.20. The Balaban J connectivity index is 2.33. The third kappa shape index (κ3) is 3.23. The van der Waals surface area contributed by atoms with Crippen LogP contribution >= 0.6 is 11.6 Å². The van der Waals surface area contributed by atoms with Crippen LogP contribution in [0.5, 0.6) is 5.75 Å². The van der Waals surface area contributed by atoms with Gasteiger partial charge in [0.05, 0.1) is 12.1 Å². The molecule has 0 saturated carbocycles. The maximum Gasteiger partial charge on any atom is 0.263 e. The number of benzene rings is 2. The van der Waals surface area contributed by atoms with E-state index in [0.29, 0.717) is 11.4 Å². The van der Waals surface area contributed by atoms with Gasteiger partial charge >= 0.3 is 0 Å². The van der Waals surface area contributed by atoms with Crippen molar-refractivity contribution in [3.8, 4) is 5.75 Å². The van der Waals surface area contributed by atoms with Gasteiger partial charge in [0.2, 0.25) is 0 Å². The second-order valence-electron chi connectivity index (χ2n) is 4.27. The number of nitrogens with one attached hydrogen (secondary N) is 1. The molecule has 0 heterocycles. The van der Waals surface area contributed by atoms with Gasteiger partial charge in [-0.3, -0.25) is 4.72 Å². The van der Waals surface area contributed by atoms with Crippen LogP contribution in [-0.2, 0) is 10.0 Å². The quantitative estimate of drug-likeness (QED) is 0.940. The molecular formula is C14H14ClNO3S. The summed E-state index contributed by atoms with van der Waals surface area (Å²) in [5.74, 6) is 0.504. The van der Waals surface area contributed by atoms with Crippen molar-refractivity contribution < 1.29 is 13.2 Å². The van der Waals surface area contributed by atoms with Gasteiger partial charge in [-0.2, -0.15) is 0 Å². The summed E-state index contributed by atoms with van der Waals surface area (Å²) in [6.07, 6.45) is 0. The minimum absolute atomic E-state index is 0.0144. The average Bonchev–Trinajstić information content (AvgIpc) is 2.40. The Morgan fingerprint density at radius 1 is 1.10 bits per heavy atom. The van der Waals surface area contributed by atoms with Crippen LogP contribution in [0.4, 0.5) is 5.69 Å². The summed E-state index contributed by atoms with van der Waals surface area (Å²) in [7, 11) is -2.23. The number of sulfonamides is 1. The normalized spacial score (nSPS) is 11.2. The molecule has 0 aliphatic heterocycles. The molecule has 106 valence electrons. The van der Waals surface area contributed by atoms with Crippen LogP contribution in [-0.4, -0.2) is 15.5 Å². The minimum atomic E-state index is -3.72. The van der Waals surface area contributed by atoms with E-state index in [0.717, 1.165) is 5.56 Å². The molecule has 0 aliphatic carbocycles. The van der Waals surface area contributed by atoms with E-state index in [1.54, 1.807) is 18.2 Å². The lowest BCUT2D eigenvalue weighted by Gasteiger charge is -2.10. The van der Waals surface area contributed by atoms with E-state index in [9.17, 15) is 8.42 Å². The van der Waals surface area contributed by atoms with Gasteiger partial charge in [0.15, 0.2) is 0 Å². The molecule has 0 aliphatic rings. The zero-order valence-corrected chi connectivity index (χ0v) is 12.6. The first kappa shape index (κ1) is 14.7. The molecule has 6 heteroatoms. The third-order valence-electron chi connectivity index (χ3n) is 2.73. The first-order chi connectivity index (χ1) is 9.42. The maximum absolute atomic E-state index is 12.3. The van der Waals surface area contributed by atoms with Crippen molar-refractivity contribution in [3.63, 3.8) is 0 Å². The van der Waals surface area contributed by atoms with Crippen LogP contribution in [0.3, 0.4) is 0 Å². The van der Waals surface area contributed by atoms with Crippen molar-refractivity contribution in [2.45, 2.75) is 11.8 Å². The largest absolute Gasteiger partial charge is 0.497 e. The standard InChI is InChI=1S/C14H14ClNO3S/c1-10-3-5-11(6-4-10)16-20(17,18)14-8-7-12(19-2)9-13(14)15/h3-9,16H,1-2H3. The SMILES string of the molecule is COc1ccc(S(=O)(=O)Nc2ccc(C)cc2)c(Cl)c1. The van der Waals surface area contributed by atoms with Crippen molar-refractivity contribution in [1.29, 1.82) is 0 Å². The summed E-state index contributed by atoms with van der Waals surface area (Å²) in [4.78, 5) is 0.0144. The predicted octanol–water partition coefficient (Wildman–Crippen LogP) is 3.46. The molecule has 1 N–H and O–H groups in total. The van der Waals surface area contributed by atoms with Gasteiger partial charge in [0, 0.05) is 11.8 Å². The zero-order valence-electron chi connectivity index (χ0n) is 11.1. The van der Waals surface area contributed by atoms with Gasteiger partial charge < -0.3 is 4.74 Å². The zero-order chi connectivity index (χ0) is 14.8. The summed E-state index contributed by atoms with van der Waals surface area (Å²) < 4.78 is 32.0. The van der Waals surface area contributed by atoms with Crippen molar-refractivity contribution in [1.82, 2.24) is 0 Å². The summed E-state index contributed by atoms with van der Waals surface area (Å²) in [6, 6.07) is 11.5. The molecule has 0 aromatic heterocycles. The number of hydrogen-bond acceptors (Lipinski definition) is 3. The molecule has 2 rings (SSSR count). The Labute approximate surface area is 123 Å². The molecule has 2 aromatic rings. The van der Waals surface area contributed by atoms with Crippen LogP contribution in [0, 0.1) is 6.92 Å². The summed E-state index contributed by atoms with van der Waals surface area (Å²) >= 11 is 5.98. The molecular weight excluding hydrogens is 298 g/mol. The average molecular weight is 312 g/mol. The highest BCUT2D eigenvalue weighted by atomic mass is 35.5. The Morgan fingerprint density at radius 2 is 1.75 bits per heavy atom. The first-order valence-electron chi connectivity index (χ1n) is 5.85.